The summed E-state index contributed by atoms with van der Waals surface area (Å²) in [5, 5.41) is 11.7. The van der Waals surface area contributed by atoms with Gasteiger partial charge in [0.05, 0.1) is 6.04 Å². The zero-order valence-electron chi connectivity index (χ0n) is 20.8. The summed E-state index contributed by atoms with van der Waals surface area (Å²) < 4.78 is 6.57. The number of carbonyl (C=O) groups excluding carboxylic acids is 1. The first-order valence-corrected chi connectivity index (χ1v) is 13.2. The van der Waals surface area contributed by atoms with Gasteiger partial charge in [0.1, 0.15) is 17.7 Å². The van der Waals surface area contributed by atoms with Gasteiger partial charge in [-0.1, -0.05) is 67.7 Å². The maximum atomic E-state index is 14.3. The van der Waals surface area contributed by atoms with E-state index in [1.54, 1.807) is 41.6 Å². The summed E-state index contributed by atoms with van der Waals surface area (Å²) >= 11 is 12.4. The number of carboxylic acids is 1. The van der Waals surface area contributed by atoms with Gasteiger partial charge in [-0.15, -0.1) is 0 Å². The number of amides is 1. The van der Waals surface area contributed by atoms with Crippen LogP contribution >= 0.6 is 23.2 Å². The van der Waals surface area contributed by atoms with Gasteiger partial charge in [0.2, 0.25) is 0 Å². The highest BCUT2D eigenvalue weighted by Crippen LogP contribution is 2.48. The molecule has 0 spiro atoms. The van der Waals surface area contributed by atoms with Crippen LogP contribution < -0.4 is 0 Å². The molecule has 0 aliphatic carbocycles. The molecular formula is C29H30Cl2N2O4. The monoisotopic (exact) mass is 540 g/mol. The number of morpholine rings is 1. The highest BCUT2D eigenvalue weighted by Gasteiger charge is 2.55. The van der Waals surface area contributed by atoms with Gasteiger partial charge in [0.15, 0.2) is 0 Å². The zero-order chi connectivity index (χ0) is 26.6. The lowest BCUT2D eigenvalue weighted by Crippen LogP contribution is -2.64. The molecule has 4 rings (SSSR count). The van der Waals surface area contributed by atoms with Crippen molar-refractivity contribution >= 4 is 35.1 Å². The number of aliphatic carboxylic acids is 1. The molecule has 2 aromatic carbocycles. The van der Waals surface area contributed by atoms with Gasteiger partial charge in [-0.2, -0.15) is 0 Å². The van der Waals surface area contributed by atoms with Crippen molar-refractivity contribution in [2.75, 3.05) is 0 Å². The molecular weight excluding hydrogens is 511 g/mol. The Morgan fingerprint density at radius 3 is 2.05 bits per heavy atom. The minimum Gasteiger partial charge on any atom is -0.479 e. The molecule has 37 heavy (non-hydrogen) atoms. The van der Waals surface area contributed by atoms with Gasteiger partial charge < -0.3 is 14.7 Å². The van der Waals surface area contributed by atoms with Crippen LogP contribution in [0.1, 0.15) is 61.9 Å². The fourth-order valence-electron chi connectivity index (χ4n) is 5.22. The second-order valence-corrected chi connectivity index (χ2v) is 10.2. The van der Waals surface area contributed by atoms with Gasteiger partial charge in [-0.05, 0) is 65.9 Å². The van der Waals surface area contributed by atoms with E-state index in [2.05, 4.69) is 4.98 Å². The molecule has 1 aliphatic rings. The van der Waals surface area contributed by atoms with Gasteiger partial charge in [0, 0.05) is 28.9 Å². The maximum Gasteiger partial charge on any atom is 0.329 e. The quantitative estimate of drug-likeness (QED) is 0.327. The van der Waals surface area contributed by atoms with Crippen molar-refractivity contribution in [2.45, 2.75) is 63.3 Å². The van der Waals surface area contributed by atoms with E-state index in [1.165, 1.54) is 0 Å². The third-order valence-corrected chi connectivity index (χ3v) is 7.58. The van der Waals surface area contributed by atoms with Crippen molar-refractivity contribution in [2.24, 2.45) is 0 Å². The fraction of sp³-hybridized carbons (Fsp3) is 0.345. The zero-order valence-corrected chi connectivity index (χ0v) is 22.3. The largest absolute Gasteiger partial charge is 0.479 e. The van der Waals surface area contributed by atoms with Crippen LogP contribution in [0.15, 0.2) is 73.1 Å². The van der Waals surface area contributed by atoms with E-state index in [0.29, 0.717) is 29.3 Å². The Balaban J connectivity index is 1.93. The summed E-state index contributed by atoms with van der Waals surface area (Å²) in [7, 11) is 0. The molecule has 1 aliphatic heterocycles. The topological polar surface area (TPSA) is 79.7 Å². The first kappa shape index (κ1) is 27.1. The van der Waals surface area contributed by atoms with Crippen LogP contribution in [0.4, 0.5) is 0 Å². The normalized spacial score (nSPS) is 21.5. The Hall–Kier alpha value is -2.93. The number of halogens is 2. The third kappa shape index (κ3) is 5.52. The second-order valence-electron chi connectivity index (χ2n) is 9.30. The summed E-state index contributed by atoms with van der Waals surface area (Å²) in [5.41, 5.74) is 1.01. The summed E-state index contributed by atoms with van der Waals surface area (Å²) in [6.45, 7) is 3.75. The third-order valence-electron chi connectivity index (χ3n) is 7.08. The van der Waals surface area contributed by atoms with E-state index in [-0.39, 0.29) is 12.3 Å². The average molecular weight is 541 g/mol. The molecule has 0 radical (unpaired) electrons. The molecule has 1 fully saturated rings. The molecule has 1 N–H and O–H groups in total. The Bertz CT molecular complexity index is 1220. The van der Waals surface area contributed by atoms with Crippen molar-refractivity contribution in [3.05, 3.63) is 99.8 Å². The molecule has 6 nitrogen and oxygen atoms in total. The molecule has 0 saturated carbocycles. The minimum atomic E-state index is -1.42. The summed E-state index contributed by atoms with van der Waals surface area (Å²) in [6, 6.07) is 17.4. The number of hydrogen-bond donors (Lipinski definition) is 1. The predicted octanol–water partition coefficient (Wildman–Crippen LogP) is 6.67. The maximum absolute atomic E-state index is 14.3. The number of hydrogen-bond acceptors (Lipinski definition) is 4. The van der Waals surface area contributed by atoms with Crippen LogP contribution in [0.5, 0.6) is 0 Å². The molecule has 194 valence electrons. The van der Waals surface area contributed by atoms with Crippen LogP contribution in [0.2, 0.25) is 10.0 Å². The van der Waals surface area contributed by atoms with Crippen LogP contribution in [-0.4, -0.2) is 38.5 Å². The summed E-state index contributed by atoms with van der Waals surface area (Å²) in [6.07, 6.45) is 3.26. The Labute approximate surface area is 227 Å². The number of carboxylic acid groups (broad SMARTS) is 1. The van der Waals surface area contributed by atoms with Gasteiger partial charge in [-0.3, -0.25) is 9.78 Å². The molecule has 3 aromatic rings. The SMILES string of the molecule is CCCC(CC)(C(=O)O)N1C(=O)[C@@H](Cc2ccncc2)O[C@H](c2ccc(Cl)cc2)[C@@H]1c1ccc(Cl)cc1. The number of pyridine rings is 1. The van der Waals surface area contributed by atoms with Crippen molar-refractivity contribution in [3.8, 4) is 0 Å². The lowest BCUT2D eigenvalue weighted by molar-refractivity contribution is -0.196. The Kier molecular flexibility index (Phi) is 8.53. The van der Waals surface area contributed by atoms with Gasteiger partial charge in [-0.25, -0.2) is 4.79 Å². The molecule has 1 unspecified atom stereocenters. The van der Waals surface area contributed by atoms with Gasteiger partial charge >= 0.3 is 5.97 Å². The van der Waals surface area contributed by atoms with Gasteiger partial charge in [0.25, 0.3) is 5.91 Å². The molecule has 1 aromatic heterocycles. The van der Waals surface area contributed by atoms with E-state index in [4.69, 9.17) is 27.9 Å². The average Bonchev–Trinajstić information content (AvgIpc) is 2.90. The number of benzene rings is 2. The Morgan fingerprint density at radius 2 is 1.54 bits per heavy atom. The van der Waals surface area contributed by atoms with Crippen LogP contribution in [0, 0.1) is 0 Å². The number of carbonyl (C=O) groups is 2. The molecule has 1 saturated heterocycles. The van der Waals surface area contributed by atoms with E-state index in [9.17, 15) is 14.7 Å². The van der Waals surface area contributed by atoms with E-state index < -0.39 is 29.8 Å². The van der Waals surface area contributed by atoms with E-state index in [0.717, 1.165) is 16.7 Å². The number of ether oxygens (including phenoxy) is 1. The summed E-state index contributed by atoms with van der Waals surface area (Å²) in [5.74, 6) is -1.37. The van der Waals surface area contributed by atoms with E-state index in [1.807, 2.05) is 50.2 Å². The standard InChI is InChI=1S/C29H30Cl2N2O4/c1-3-15-29(4-2,28(35)36)33-25(20-5-9-22(30)10-6-20)26(21-7-11-23(31)12-8-21)37-24(27(33)34)18-19-13-16-32-17-14-19/h5-14,16-17,24-26H,3-4,15,18H2,1-2H3,(H,35,36)/t24-,25+,26-,29?/m1/s1. The lowest BCUT2D eigenvalue weighted by atomic mass is 9.81. The smallest absolute Gasteiger partial charge is 0.329 e. The molecule has 1 amide bonds. The predicted molar refractivity (Wildman–Crippen MR) is 144 cm³/mol. The molecule has 0 bridgehead atoms. The fourth-order valence-corrected chi connectivity index (χ4v) is 5.47. The minimum absolute atomic E-state index is 0.251. The van der Waals surface area contributed by atoms with Crippen LogP contribution in [0.25, 0.3) is 0 Å². The van der Waals surface area contributed by atoms with Crippen molar-refractivity contribution in [1.29, 1.82) is 0 Å². The molecule has 4 atom stereocenters. The highest BCUT2D eigenvalue weighted by molar-refractivity contribution is 6.30. The van der Waals surface area contributed by atoms with E-state index >= 15 is 0 Å². The lowest BCUT2D eigenvalue weighted by Gasteiger charge is -2.52. The van der Waals surface area contributed by atoms with Crippen molar-refractivity contribution in [1.82, 2.24) is 9.88 Å². The summed E-state index contributed by atoms with van der Waals surface area (Å²) in [4.78, 5) is 32.9. The van der Waals surface area contributed by atoms with Crippen LogP contribution in [-0.2, 0) is 20.7 Å². The number of rotatable bonds is 9. The Morgan fingerprint density at radius 1 is 0.973 bits per heavy atom. The molecule has 2 heterocycles. The van der Waals surface area contributed by atoms with Crippen molar-refractivity contribution in [3.63, 3.8) is 0 Å². The second kappa shape index (κ2) is 11.6. The van der Waals surface area contributed by atoms with Crippen molar-refractivity contribution < 1.29 is 19.4 Å². The van der Waals surface area contributed by atoms with Crippen LogP contribution in [0.3, 0.4) is 0 Å². The number of aromatic nitrogens is 1. The first-order valence-electron chi connectivity index (χ1n) is 12.4. The molecule has 8 heteroatoms. The number of nitrogens with zero attached hydrogens (tertiary/aromatic N) is 2. The first-order chi connectivity index (χ1) is 17.8. The highest BCUT2D eigenvalue weighted by atomic mass is 35.5.